The number of amides is 4. The SMILES string of the molecule is CC[C@H](C)[C@@H]([C@@H](CC(=O)N1CCC[C@H]1[C@H](OC)[C@@H](C)C(=O)N[C@H](C)[C@@H](O)c1ccccc1)OC)N(C)C(=O)[C@@H](NC(=O)[C@H](C(C)C)N(C)CC)C(C)C. The van der Waals surface area contributed by atoms with Crippen LogP contribution in [0.3, 0.4) is 0 Å². The molecule has 2 rings (SSSR count). The molecule has 1 aromatic carbocycles. The minimum Gasteiger partial charge on any atom is -0.386 e. The van der Waals surface area contributed by atoms with Crippen LogP contribution in [0, 0.1) is 23.7 Å². The van der Waals surface area contributed by atoms with Gasteiger partial charge in [-0.1, -0.05) is 92.1 Å². The molecule has 1 aromatic rings. The molecule has 1 heterocycles. The van der Waals surface area contributed by atoms with Gasteiger partial charge in [-0.05, 0) is 56.7 Å². The average Bonchev–Trinajstić information content (AvgIpc) is 3.62. The first kappa shape index (κ1) is 46.1. The maximum atomic E-state index is 14.3. The Morgan fingerprint density at radius 3 is 2.04 bits per heavy atom. The normalized spacial score (nSPS) is 19.9. The van der Waals surface area contributed by atoms with Crippen molar-refractivity contribution >= 4 is 23.6 Å². The Hall–Kier alpha value is -3.06. The summed E-state index contributed by atoms with van der Waals surface area (Å²) in [6.07, 6.45) is 0.149. The Labute approximate surface area is 319 Å². The van der Waals surface area contributed by atoms with Crippen molar-refractivity contribution in [1.29, 1.82) is 0 Å². The number of likely N-dealkylation sites (tertiary alicyclic amines) is 1. The van der Waals surface area contributed by atoms with Crippen LogP contribution in [0.15, 0.2) is 30.3 Å². The molecular formula is C41H71N5O7. The van der Waals surface area contributed by atoms with Crippen LogP contribution in [0.5, 0.6) is 0 Å². The van der Waals surface area contributed by atoms with Gasteiger partial charge in [0, 0.05) is 27.8 Å². The van der Waals surface area contributed by atoms with Crippen molar-refractivity contribution in [3.63, 3.8) is 0 Å². The molecule has 1 fully saturated rings. The summed E-state index contributed by atoms with van der Waals surface area (Å²) in [5, 5.41) is 16.9. The van der Waals surface area contributed by atoms with Gasteiger partial charge in [0.1, 0.15) is 6.04 Å². The molecule has 12 heteroatoms. The Balaban J connectivity index is 2.26. The Kier molecular flexibility index (Phi) is 18.9. The number of hydrogen-bond acceptors (Lipinski definition) is 8. The standard InChI is InChI=1S/C41H71N5O7/c1-14-27(7)36(45(11)41(51)34(25(3)4)43-40(50)35(26(5)6)44(10)15-2)32(52-12)24-33(47)46-23-19-22-31(46)38(53-13)28(8)39(49)42-29(9)37(48)30-20-17-16-18-21-30/h16-18,20-21,25-29,31-32,34-38,48H,14-15,19,22-24H2,1-13H3,(H,42,49)(H,43,50)/t27-,28+,29+,31-,32+,34-,35-,36-,37+,38+/m0/s1. The molecule has 1 saturated heterocycles. The zero-order valence-corrected chi connectivity index (χ0v) is 34.8. The summed E-state index contributed by atoms with van der Waals surface area (Å²) in [6, 6.07) is 6.74. The molecule has 12 nitrogen and oxygen atoms in total. The van der Waals surface area contributed by atoms with Crippen molar-refractivity contribution in [2.75, 3.05) is 41.4 Å². The molecule has 0 radical (unpaired) electrons. The fourth-order valence-corrected chi connectivity index (χ4v) is 7.86. The lowest BCUT2D eigenvalue weighted by Gasteiger charge is -2.41. The van der Waals surface area contributed by atoms with Crippen LogP contribution < -0.4 is 10.6 Å². The summed E-state index contributed by atoms with van der Waals surface area (Å²) >= 11 is 0. The van der Waals surface area contributed by atoms with Crippen LogP contribution in [0.2, 0.25) is 0 Å². The molecule has 0 unspecified atom stereocenters. The molecule has 0 spiro atoms. The summed E-state index contributed by atoms with van der Waals surface area (Å²) in [4.78, 5) is 61.0. The number of likely N-dealkylation sites (N-methyl/N-ethyl adjacent to an activating group) is 2. The number of rotatable bonds is 21. The van der Waals surface area contributed by atoms with Crippen LogP contribution in [-0.4, -0.2) is 127 Å². The number of nitrogens with one attached hydrogen (secondary N) is 2. The highest BCUT2D eigenvalue weighted by Gasteiger charge is 2.43. The highest BCUT2D eigenvalue weighted by atomic mass is 16.5. The summed E-state index contributed by atoms with van der Waals surface area (Å²) in [6.45, 7) is 18.7. The smallest absolute Gasteiger partial charge is 0.245 e. The van der Waals surface area contributed by atoms with Crippen molar-refractivity contribution in [3.05, 3.63) is 35.9 Å². The van der Waals surface area contributed by atoms with Crippen molar-refractivity contribution in [1.82, 2.24) is 25.3 Å². The number of nitrogens with zero attached hydrogens (tertiary/aromatic N) is 3. The third-order valence-electron chi connectivity index (χ3n) is 11.3. The Morgan fingerprint density at radius 2 is 1.53 bits per heavy atom. The van der Waals surface area contributed by atoms with Crippen molar-refractivity contribution < 1.29 is 33.8 Å². The summed E-state index contributed by atoms with van der Waals surface area (Å²) in [5.74, 6) is -1.54. The number of benzene rings is 1. The molecular weight excluding hydrogens is 674 g/mol. The number of ether oxygens (including phenoxy) is 2. The Bertz CT molecular complexity index is 1300. The molecule has 1 aliphatic rings. The lowest BCUT2D eigenvalue weighted by atomic mass is 9.89. The van der Waals surface area contributed by atoms with Crippen LogP contribution in [0.25, 0.3) is 0 Å². The van der Waals surface area contributed by atoms with Gasteiger partial charge in [0.15, 0.2) is 0 Å². The van der Waals surface area contributed by atoms with Crippen LogP contribution in [0.4, 0.5) is 0 Å². The van der Waals surface area contributed by atoms with E-state index < -0.39 is 42.4 Å². The number of carbonyl (C=O) groups excluding carboxylic acids is 4. The van der Waals surface area contributed by atoms with E-state index in [0.29, 0.717) is 25.1 Å². The molecule has 0 saturated carbocycles. The van der Waals surface area contributed by atoms with E-state index in [0.717, 1.165) is 12.8 Å². The fraction of sp³-hybridized carbons (Fsp3) is 0.756. The third-order valence-corrected chi connectivity index (χ3v) is 11.3. The maximum absolute atomic E-state index is 14.3. The fourth-order valence-electron chi connectivity index (χ4n) is 7.86. The molecule has 53 heavy (non-hydrogen) atoms. The van der Waals surface area contributed by atoms with E-state index in [4.69, 9.17) is 9.47 Å². The zero-order chi connectivity index (χ0) is 40.2. The van der Waals surface area contributed by atoms with Gasteiger partial charge in [-0.25, -0.2) is 0 Å². The molecule has 1 aliphatic heterocycles. The molecule has 3 N–H and O–H groups in total. The predicted molar refractivity (Wildman–Crippen MR) is 209 cm³/mol. The van der Waals surface area contributed by atoms with E-state index >= 15 is 0 Å². The van der Waals surface area contributed by atoms with Gasteiger partial charge >= 0.3 is 0 Å². The van der Waals surface area contributed by atoms with Crippen LogP contribution >= 0.6 is 0 Å². The minimum atomic E-state index is -0.876. The quantitative estimate of drug-likeness (QED) is 0.170. The lowest BCUT2D eigenvalue weighted by molar-refractivity contribution is -0.148. The molecule has 10 atom stereocenters. The molecule has 4 amide bonds. The van der Waals surface area contributed by atoms with Gasteiger partial charge in [0.25, 0.3) is 0 Å². The van der Waals surface area contributed by atoms with Crippen molar-refractivity contribution in [3.8, 4) is 0 Å². The second-order valence-electron chi connectivity index (χ2n) is 15.7. The third kappa shape index (κ3) is 12.0. The second kappa shape index (κ2) is 21.7. The van der Waals surface area contributed by atoms with Crippen molar-refractivity contribution in [2.24, 2.45) is 23.7 Å². The number of hydrogen-bond donors (Lipinski definition) is 3. The summed E-state index contributed by atoms with van der Waals surface area (Å²) < 4.78 is 12.0. The van der Waals surface area contributed by atoms with Gasteiger partial charge in [0.05, 0.1) is 54.8 Å². The largest absolute Gasteiger partial charge is 0.386 e. The van der Waals surface area contributed by atoms with E-state index in [2.05, 4.69) is 17.6 Å². The van der Waals surface area contributed by atoms with Gasteiger partial charge in [0.2, 0.25) is 23.6 Å². The first-order chi connectivity index (χ1) is 25.0. The minimum absolute atomic E-state index is 0.0158. The highest BCUT2D eigenvalue weighted by Crippen LogP contribution is 2.30. The molecule has 0 aromatic heterocycles. The first-order valence-electron chi connectivity index (χ1n) is 19.6. The van der Waals surface area contributed by atoms with Gasteiger partial charge in [-0.2, -0.15) is 0 Å². The predicted octanol–water partition coefficient (Wildman–Crippen LogP) is 4.26. The topological polar surface area (TPSA) is 141 Å². The van der Waals surface area contributed by atoms with E-state index in [1.54, 1.807) is 44.9 Å². The van der Waals surface area contributed by atoms with Crippen LogP contribution in [-0.2, 0) is 28.7 Å². The average molecular weight is 746 g/mol. The number of aliphatic hydroxyl groups excluding tert-OH is 1. The Morgan fingerprint density at radius 1 is 0.906 bits per heavy atom. The highest BCUT2D eigenvalue weighted by molar-refractivity contribution is 5.90. The first-order valence-corrected chi connectivity index (χ1v) is 19.6. The van der Waals surface area contributed by atoms with Gasteiger partial charge in [-0.15, -0.1) is 0 Å². The number of methoxy groups -OCH3 is 2. The second-order valence-corrected chi connectivity index (χ2v) is 15.7. The number of aliphatic hydroxyl groups is 1. The summed E-state index contributed by atoms with van der Waals surface area (Å²) in [5.41, 5.74) is 0.712. The van der Waals surface area contributed by atoms with E-state index in [1.165, 1.54) is 0 Å². The zero-order valence-electron chi connectivity index (χ0n) is 34.8. The van der Waals surface area contributed by atoms with Gasteiger partial charge in [-0.3, -0.25) is 24.1 Å². The van der Waals surface area contributed by atoms with Gasteiger partial charge < -0.3 is 35.0 Å². The summed E-state index contributed by atoms with van der Waals surface area (Å²) in [7, 11) is 6.78. The van der Waals surface area contributed by atoms with E-state index in [1.807, 2.05) is 83.8 Å². The van der Waals surface area contributed by atoms with E-state index in [9.17, 15) is 24.3 Å². The molecule has 302 valence electrons. The van der Waals surface area contributed by atoms with E-state index in [-0.39, 0.29) is 59.9 Å². The molecule has 0 bridgehead atoms. The maximum Gasteiger partial charge on any atom is 0.245 e. The van der Waals surface area contributed by atoms with Crippen molar-refractivity contribution in [2.45, 2.75) is 137 Å². The molecule has 0 aliphatic carbocycles. The monoisotopic (exact) mass is 746 g/mol. The number of carbonyl (C=O) groups is 4. The van der Waals surface area contributed by atoms with Crippen LogP contribution in [0.1, 0.15) is 99.7 Å². The lowest BCUT2D eigenvalue weighted by Crippen LogP contribution is -2.60.